The Bertz CT molecular complexity index is 371. The molecule has 16 heavy (non-hydrogen) atoms. The highest BCUT2D eigenvalue weighted by molar-refractivity contribution is 9.10. The van der Waals surface area contributed by atoms with Crippen LogP contribution >= 0.6 is 15.9 Å². The summed E-state index contributed by atoms with van der Waals surface area (Å²) in [6, 6.07) is 4.30. The lowest BCUT2D eigenvalue weighted by Gasteiger charge is -2.05. The summed E-state index contributed by atoms with van der Waals surface area (Å²) >= 11 is 3.03. The Kier molecular flexibility index (Phi) is 5.42. The quantitative estimate of drug-likeness (QED) is 0.815. The second-order valence-electron chi connectivity index (χ2n) is 3.38. The monoisotopic (exact) mass is 288 g/mol. The zero-order chi connectivity index (χ0) is 12.0. The van der Waals surface area contributed by atoms with Gasteiger partial charge in [-0.25, -0.2) is 4.39 Å². The highest BCUT2D eigenvalue weighted by Gasteiger charge is 2.07. The summed E-state index contributed by atoms with van der Waals surface area (Å²) in [7, 11) is 0. The lowest BCUT2D eigenvalue weighted by Crippen LogP contribution is -2.24. The minimum absolute atomic E-state index is 0.261. The van der Waals surface area contributed by atoms with E-state index in [4.69, 9.17) is 5.73 Å². The summed E-state index contributed by atoms with van der Waals surface area (Å²) < 4.78 is 13.5. The molecule has 3 nitrogen and oxygen atoms in total. The van der Waals surface area contributed by atoms with E-state index in [0.717, 1.165) is 12.8 Å². The van der Waals surface area contributed by atoms with Crippen LogP contribution in [0.25, 0.3) is 0 Å². The highest BCUT2D eigenvalue weighted by atomic mass is 79.9. The van der Waals surface area contributed by atoms with Crippen LogP contribution in [0.5, 0.6) is 0 Å². The number of hydrogen-bond acceptors (Lipinski definition) is 2. The van der Waals surface area contributed by atoms with Gasteiger partial charge in [0.1, 0.15) is 5.82 Å². The van der Waals surface area contributed by atoms with Crippen LogP contribution in [0.2, 0.25) is 0 Å². The Morgan fingerprint density at radius 3 is 2.81 bits per heavy atom. The molecule has 0 aliphatic heterocycles. The summed E-state index contributed by atoms with van der Waals surface area (Å²) in [5, 5.41) is 2.70. The van der Waals surface area contributed by atoms with Gasteiger partial charge < -0.3 is 11.1 Å². The van der Waals surface area contributed by atoms with E-state index in [1.165, 1.54) is 12.1 Å². The molecular formula is C11H14BrFN2O. The molecule has 3 N–H and O–H groups in total. The largest absolute Gasteiger partial charge is 0.352 e. The van der Waals surface area contributed by atoms with Crippen LogP contribution in [0.15, 0.2) is 22.7 Å². The zero-order valence-electron chi connectivity index (χ0n) is 8.80. The third-order valence-corrected chi connectivity index (χ3v) is 2.74. The maximum atomic E-state index is 13.1. The standard InChI is InChI=1S/C11H14BrFN2O/c12-9-4-3-8(7-10(9)13)11(16)15-6-2-1-5-14/h3-4,7H,1-2,5-6,14H2,(H,15,16). The number of halogens is 2. The van der Waals surface area contributed by atoms with Gasteiger partial charge >= 0.3 is 0 Å². The second-order valence-corrected chi connectivity index (χ2v) is 4.23. The highest BCUT2D eigenvalue weighted by Crippen LogP contribution is 2.16. The van der Waals surface area contributed by atoms with Crippen molar-refractivity contribution in [1.82, 2.24) is 5.32 Å². The van der Waals surface area contributed by atoms with Crippen LogP contribution in [-0.4, -0.2) is 19.0 Å². The molecular weight excluding hydrogens is 275 g/mol. The van der Waals surface area contributed by atoms with E-state index in [2.05, 4.69) is 21.2 Å². The van der Waals surface area contributed by atoms with Gasteiger partial charge in [0.2, 0.25) is 0 Å². The third kappa shape index (κ3) is 3.90. The van der Waals surface area contributed by atoms with Gasteiger partial charge in [0.15, 0.2) is 0 Å². The van der Waals surface area contributed by atoms with Crippen molar-refractivity contribution >= 4 is 21.8 Å². The number of rotatable bonds is 5. The fourth-order valence-corrected chi connectivity index (χ4v) is 1.46. The zero-order valence-corrected chi connectivity index (χ0v) is 10.4. The van der Waals surface area contributed by atoms with Crippen LogP contribution < -0.4 is 11.1 Å². The van der Waals surface area contributed by atoms with E-state index in [1.54, 1.807) is 6.07 Å². The van der Waals surface area contributed by atoms with Crippen LogP contribution in [0, 0.1) is 5.82 Å². The van der Waals surface area contributed by atoms with Crippen molar-refractivity contribution < 1.29 is 9.18 Å². The van der Waals surface area contributed by atoms with Crippen molar-refractivity contribution in [2.75, 3.05) is 13.1 Å². The van der Waals surface area contributed by atoms with Crippen molar-refractivity contribution in [3.8, 4) is 0 Å². The molecule has 0 saturated carbocycles. The topological polar surface area (TPSA) is 55.1 Å². The predicted molar refractivity (Wildman–Crippen MR) is 64.7 cm³/mol. The average molecular weight is 289 g/mol. The fraction of sp³-hybridized carbons (Fsp3) is 0.364. The molecule has 0 saturated heterocycles. The average Bonchev–Trinajstić information content (AvgIpc) is 2.28. The molecule has 0 aromatic heterocycles. The SMILES string of the molecule is NCCCCNC(=O)c1ccc(Br)c(F)c1. The van der Waals surface area contributed by atoms with Crippen LogP contribution in [0.4, 0.5) is 4.39 Å². The summed E-state index contributed by atoms with van der Waals surface area (Å²) in [4.78, 5) is 11.5. The molecule has 5 heteroatoms. The molecule has 0 bridgehead atoms. The molecule has 0 spiro atoms. The van der Waals surface area contributed by atoms with Gasteiger partial charge in [-0.2, -0.15) is 0 Å². The Morgan fingerprint density at radius 1 is 1.44 bits per heavy atom. The Morgan fingerprint density at radius 2 is 2.19 bits per heavy atom. The number of unbranched alkanes of at least 4 members (excludes halogenated alkanes) is 1. The summed E-state index contributed by atoms with van der Waals surface area (Å²) in [5.74, 6) is -0.696. The van der Waals surface area contributed by atoms with Gasteiger partial charge in [-0.3, -0.25) is 4.79 Å². The van der Waals surface area contributed by atoms with Gasteiger partial charge in [-0.05, 0) is 53.5 Å². The van der Waals surface area contributed by atoms with E-state index in [0.29, 0.717) is 23.1 Å². The number of hydrogen-bond donors (Lipinski definition) is 2. The van der Waals surface area contributed by atoms with Crippen molar-refractivity contribution in [3.63, 3.8) is 0 Å². The number of carbonyl (C=O) groups excluding carboxylic acids is 1. The van der Waals surface area contributed by atoms with Gasteiger partial charge in [0, 0.05) is 12.1 Å². The molecule has 1 aromatic carbocycles. The second kappa shape index (κ2) is 6.60. The van der Waals surface area contributed by atoms with E-state index < -0.39 is 5.82 Å². The molecule has 0 radical (unpaired) electrons. The van der Waals surface area contributed by atoms with E-state index in [1.807, 2.05) is 0 Å². The van der Waals surface area contributed by atoms with Crippen LogP contribution in [0.1, 0.15) is 23.2 Å². The Labute approximate surface area is 102 Å². The molecule has 1 rings (SSSR count). The normalized spacial score (nSPS) is 10.2. The summed E-state index contributed by atoms with van der Waals surface area (Å²) in [5.41, 5.74) is 5.65. The maximum absolute atomic E-state index is 13.1. The molecule has 0 aliphatic rings. The number of nitrogens with two attached hydrogens (primary N) is 1. The molecule has 88 valence electrons. The van der Waals surface area contributed by atoms with Gasteiger partial charge in [-0.15, -0.1) is 0 Å². The molecule has 0 heterocycles. The fourth-order valence-electron chi connectivity index (χ4n) is 1.21. The number of benzene rings is 1. The number of carbonyl (C=O) groups is 1. The Balaban J connectivity index is 2.50. The molecule has 1 amide bonds. The van der Waals surface area contributed by atoms with Crippen LogP contribution in [0.3, 0.4) is 0 Å². The van der Waals surface area contributed by atoms with Crippen molar-refractivity contribution in [2.24, 2.45) is 5.73 Å². The number of amides is 1. The first-order chi connectivity index (χ1) is 7.65. The minimum atomic E-state index is -0.436. The molecule has 1 aromatic rings. The minimum Gasteiger partial charge on any atom is -0.352 e. The van der Waals surface area contributed by atoms with E-state index >= 15 is 0 Å². The lowest BCUT2D eigenvalue weighted by molar-refractivity contribution is 0.0952. The lowest BCUT2D eigenvalue weighted by atomic mass is 10.2. The molecule has 0 fully saturated rings. The summed E-state index contributed by atoms with van der Waals surface area (Å²) in [6.07, 6.45) is 1.70. The predicted octanol–water partition coefficient (Wildman–Crippen LogP) is 2.06. The van der Waals surface area contributed by atoms with Gasteiger partial charge in [0.25, 0.3) is 5.91 Å². The van der Waals surface area contributed by atoms with Crippen molar-refractivity contribution in [2.45, 2.75) is 12.8 Å². The van der Waals surface area contributed by atoms with Gasteiger partial charge in [-0.1, -0.05) is 0 Å². The molecule has 0 atom stereocenters. The van der Waals surface area contributed by atoms with Gasteiger partial charge in [0.05, 0.1) is 4.47 Å². The smallest absolute Gasteiger partial charge is 0.251 e. The third-order valence-electron chi connectivity index (χ3n) is 2.10. The first-order valence-corrected chi connectivity index (χ1v) is 5.87. The first-order valence-electron chi connectivity index (χ1n) is 5.08. The summed E-state index contributed by atoms with van der Waals surface area (Å²) in [6.45, 7) is 1.18. The van der Waals surface area contributed by atoms with Crippen LogP contribution in [-0.2, 0) is 0 Å². The van der Waals surface area contributed by atoms with Crippen molar-refractivity contribution in [3.05, 3.63) is 34.1 Å². The first kappa shape index (κ1) is 13.1. The van der Waals surface area contributed by atoms with E-state index in [9.17, 15) is 9.18 Å². The molecule has 0 unspecified atom stereocenters. The van der Waals surface area contributed by atoms with Crippen molar-refractivity contribution in [1.29, 1.82) is 0 Å². The molecule has 0 aliphatic carbocycles. The Hall–Kier alpha value is -0.940. The van der Waals surface area contributed by atoms with E-state index in [-0.39, 0.29) is 5.91 Å². The maximum Gasteiger partial charge on any atom is 0.251 e. The number of nitrogens with one attached hydrogen (secondary N) is 1.